The smallest absolute Gasteiger partial charge is 0.381 e. The second-order valence-electron chi connectivity index (χ2n) is 9.34. The molecule has 11 heteroatoms. The van der Waals surface area contributed by atoms with E-state index in [9.17, 15) is 13.2 Å². The summed E-state index contributed by atoms with van der Waals surface area (Å²) in [5.41, 5.74) is -0.190. The molecule has 0 radical (unpaired) electrons. The molecule has 190 valence electrons. The first kappa shape index (κ1) is 25.9. The van der Waals surface area contributed by atoms with E-state index in [2.05, 4.69) is 27.5 Å². The molecule has 0 amide bonds. The average Bonchev–Trinajstić information content (AvgIpc) is 2.83. The largest absolute Gasteiger partial charge is 0.433 e. The summed E-state index contributed by atoms with van der Waals surface area (Å²) in [5.74, 6) is 0.465. The van der Waals surface area contributed by atoms with Gasteiger partial charge in [0.15, 0.2) is 10.8 Å². The van der Waals surface area contributed by atoms with Crippen LogP contribution in [0.2, 0.25) is 5.02 Å². The predicted octanol–water partition coefficient (Wildman–Crippen LogP) is 5.42. The van der Waals surface area contributed by atoms with Gasteiger partial charge >= 0.3 is 6.18 Å². The molecule has 2 aliphatic heterocycles. The fourth-order valence-electron chi connectivity index (χ4n) is 4.74. The SMILES string of the molecule is CC1CCCN(c2cc(C(F)(F)F)nc(NC(=S)NCC3(c4cccc(Cl)c4)CCOCC3)n2)C1. The summed E-state index contributed by atoms with van der Waals surface area (Å²) in [7, 11) is 0. The van der Waals surface area contributed by atoms with Crippen molar-refractivity contribution in [2.75, 3.05) is 43.1 Å². The van der Waals surface area contributed by atoms with Gasteiger partial charge in [-0.15, -0.1) is 0 Å². The molecule has 2 aliphatic rings. The molecule has 0 aliphatic carbocycles. The Morgan fingerprint density at radius 3 is 2.71 bits per heavy atom. The quantitative estimate of drug-likeness (QED) is 0.503. The van der Waals surface area contributed by atoms with Crippen LogP contribution >= 0.6 is 23.8 Å². The van der Waals surface area contributed by atoms with Gasteiger partial charge in [0, 0.05) is 49.4 Å². The van der Waals surface area contributed by atoms with Crippen LogP contribution in [-0.2, 0) is 16.3 Å². The van der Waals surface area contributed by atoms with Gasteiger partial charge in [0.2, 0.25) is 5.95 Å². The van der Waals surface area contributed by atoms with E-state index in [0.717, 1.165) is 37.3 Å². The Balaban J connectivity index is 1.51. The van der Waals surface area contributed by atoms with Crippen LogP contribution in [0, 0.1) is 5.92 Å². The second kappa shape index (κ2) is 10.8. The number of piperidine rings is 1. The lowest BCUT2D eigenvalue weighted by Crippen LogP contribution is -2.45. The molecule has 6 nitrogen and oxygen atoms in total. The molecule has 2 fully saturated rings. The minimum Gasteiger partial charge on any atom is -0.381 e. The lowest BCUT2D eigenvalue weighted by molar-refractivity contribution is -0.141. The first-order valence-electron chi connectivity index (χ1n) is 11.7. The van der Waals surface area contributed by atoms with Crippen molar-refractivity contribution < 1.29 is 17.9 Å². The molecule has 1 aromatic carbocycles. The Morgan fingerprint density at radius 2 is 2.03 bits per heavy atom. The van der Waals surface area contributed by atoms with E-state index in [1.54, 1.807) is 0 Å². The van der Waals surface area contributed by atoms with Crippen molar-refractivity contribution >= 4 is 40.7 Å². The minimum atomic E-state index is -4.59. The van der Waals surface area contributed by atoms with Gasteiger partial charge in [-0.05, 0) is 61.5 Å². The number of thiocarbonyl (C=S) groups is 1. The average molecular weight is 528 g/mol. The lowest BCUT2D eigenvalue weighted by atomic mass is 9.74. The maximum atomic E-state index is 13.6. The number of halogens is 4. The molecular weight excluding hydrogens is 499 g/mol. The third kappa shape index (κ3) is 6.54. The number of alkyl halides is 3. The molecule has 1 aromatic heterocycles. The van der Waals surface area contributed by atoms with Gasteiger partial charge in [-0.2, -0.15) is 18.2 Å². The number of rotatable bonds is 5. The van der Waals surface area contributed by atoms with Gasteiger partial charge in [0.25, 0.3) is 0 Å². The first-order chi connectivity index (χ1) is 16.6. The number of ether oxygens (including phenoxy) is 1. The van der Waals surface area contributed by atoms with Crippen LogP contribution in [0.15, 0.2) is 30.3 Å². The summed E-state index contributed by atoms with van der Waals surface area (Å²) in [4.78, 5) is 9.95. The summed E-state index contributed by atoms with van der Waals surface area (Å²) in [5, 5.41) is 6.76. The maximum absolute atomic E-state index is 13.6. The van der Waals surface area contributed by atoms with E-state index in [-0.39, 0.29) is 22.3 Å². The summed E-state index contributed by atoms with van der Waals surface area (Å²) in [6.45, 7) is 5.07. The first-order valence-corrected chi connectivity index (χ1v) is 12.5. The van der Waals surface area contributed by atoms with E-state index >= 15 is 0 Å². The highest BCUT2D eigenvalue weighted by Gasteiger charge is 2.36. The highest BCUT2D eigenvalue weighted by Crippen LogP contribution is 2.36. The Morgan fingerprint density at radius 1 is 1.26 bits per heavy atom. The van der Waals surface area contributed by atoms with Crippen molar-refractivity contribution in [2.45, 2.75) is 44.2 Å². The van der Waals surface area contributed by atoms with Crippen molar-refractivity contribution in [1.82, 2.24) is 15.3 Å². The molecule has 2 aromatic rings. The third-order valence-corrected chi connectivity index (χ3v) is 7.17. The molecule has 3 heterocycles. The van der Waals surface area contributed by atoms with Crippen molar-refractivity contribution in [2.24, 2.45) is 5.92 Å². The zero-order chi connectivity index (χ0) is 25.1. The molecule has 2 saturated heterocycles. The zero-order valence-corrected chi connectivity index (χ0v) is 21.1. The Kier molecular flexibility index (Phi) is 8.02. The van der Waals surface area contributed by atoms with Crippen molar-refractivity contribution in [3.05, 3.63) is 46.6 Å². The number of anilines is 2. The van der Waals surface area contributed by atoms with Crippen molar-refractivity contribution in [1.29, 1.82) is 0 Å². The topological polar surface area (TPSA) is 62.3 Å². The van der Waals surface area contributed by atoms with E-state index in [0.29, 0.717) is 43.8 Å². The monoisotopic (exact) mass is 527 g/mol. The van der Waals surface area contributed by atoms with Crippen LogP contribution < -0.4 is 15.5 Å². The zero-order valence-electron chi connectivity index (χ0n) is 19.5. The summed E-state index contributed by atoms with van der Waals surface area (Å²) in [6.07, 6.45) is -1.11. The predicted molar refractivity (Wildman–Crippen MR) is 135 cm³/mol. The normalized spacial score (nSPS) is 20.4. The van der Waals surface area contributed by atoms with Gasteiger partial charge in [-0.1, -0.05) is 30.7 Å². The van der Waals surface area contributed by atoms with Crippen molar-refractivity contribution in [3.63, 3.8) is 0 Å². The molecule has 0 bridgehead atoms. The van der Waals surface area contributed by atoms with Crippen molar-refractivity contribution in [3.8, 4) is 0 Å². The van der Waals surface area contributed by atoms with Crippen LogP contribution in [0.3, 0.4) is 0 Å². The highest BCUT2D eigenvalue weighted by molar-refractivity contribution is 7.80. The van der Waals surface area contributed by atoms with Crippen LogP contribution in [0.4, 0.5) is 24.9 Å². The standard InChI is InChI=1S/C24H29ClF3N5OS/c1-16-4-3-9-33(14-16)20-13-19(24(26,27)28)30-21(31-20)32-22(35)29-15-23(7-10-34-11-8-23)17-5-2-6-18(25)12-17/h2,5-6,12-13,16H,3-4,7-11,14-15H2,1H3,(H2,29,30,31,32,35). The van der Waals surface area contributed by atoms with Gasteiger partial charge < -0.3 is 20.3 Å². The Bertz CT molecular complexity index is 1050. The molecule has 0 saturated carbocycles. The van der Waals surface area contributed by atoms with Gasteiger partial charge in [-0.25, -0.2) is 4.98 Å². The van der Waals surface area contributed by atoms with Gasteiger partial charge in [0.05, 0.1) is 0 Å². The van der Waals surface area contributed by atoms with E-state index in [4.69, 9.17) is 28.6 Å². The highest BCUT2D eigenvalue weighted by atomic mass is 35.5. The molecular formula is C24H29ClF3N5OS. The van der Waals surface area contributed by atoms with Crippen LogP contribution in [0.5, 0.6) is 0 Å². The lowest BCUT2D eigenvalue weighted by Gasteiger charge is -2.38. The molecule has 0 spiro atoms. The summed E-state index contributed by atoms with van der Waals surface area (Å²) < 4.78 is 46.3. The number of hydrogen-bond acceptors (Lipinski definition) is 5. The fraction of sp³-hybridized carbons (Fsp3) is 0.542. The molecule has 1 unspecified atom stereocenters. The maximum Gasteiger partial charge on any atom is 0.433 e. The minimum absolute atomic E-state index is 0.162. The van der Waals surface area contributed by atoms with E-state index in [1.807, 2.05) is 29.2 Å². The molecule has 35 heavy (non-hydrogen) atoms. The number of nitrogens with one attached hydrogen (secondary N) is 2. The Labute approximate surface area is 213 Å². The molecule has 2 N–H and O–H groups in total. The van der Waals surface area contributed by atoms with E-state index in [1.165, 1.54) is 0 Å². The number of nitrogens with zero attached hydrogens (tertiary/aromatic N) is 3. The van der Waals surface area contributed by atoms with E-state index < -0.39 is 11.9 Å². The van der Waals surface area contributed by atoms with Crippen LogP contribution in [-0.4, -0.2) is 47.9 Å². The Hall–Kier alpha value is -2.17. The molecule has 1 atom stereocenters. The number of aromatic nitrogens is 2. The second-order valence-corrected chi connectivity index (χ2v) is 10.2. The van der Waals surface area contributed by atoms with Gasteiger partial charge in [-0.3, -0.25) is 0 Å². The summed E-state index contributed by atoms with van der Waals surface area (Å²) in [6, 6.07) is 8.70. The molecule has 4 rings (SSSR count). The number of hydrogen-bond donors (Lipinski definition) is 2. The van der Waals surface area contributed by atoms with Crippen LogP contribution in [0.25, 0.3) is 0 Å². The summed E-state index contributed by atoms with van der Waals surface area (Å²) >= 11 is 11.7. The fourth-order valence-corrected chi connectivity index (χ4v) is 5.09. The number of benzene rings is 1. The third-order valence-electron chi connectivity index (χ3n) is 6.68. The van der Waals surface area contributed by atoms with Gasteiger partial charge in [0.1, 0.15) is 5.82 Å². The van der Waals surface area contributed by atoms with Crippen LogP contribution in [0.1, 0.15) is 43.9 Å².